The van der Waals surface area contributed by atoms with Crippen molar-refractivity contribution in [2.75, 3.05) is 27.4 Å². The minimum absolute atomic E-state index is 0.0494. The van der Waals surface area contributed by atoms with Crippen LogP contribution in [0.5, 0.6) is 17.2 Å². The van der Waals surface area contributed by atoms with Gasteiger partial charge in [0.2, 0.25) is 5.91 Å². The molecule has 0 saturated heterocycles. The van der Waals surface area contributed by atoms with Crippen molar-refractivity contribution in [3.8, 4) is 17.2 Å². The maximum atomic E-state index is 13.8. The Bertz CT molecular complexity index is 1290. The molecule has 0 aliphatic carbocycles. The molecule has 0 aromatic heterocycles. The molecule has 36 heavy (non-hydrogen) atoms. The van der Waals surface area contributed by atoms with Gasteiger partial charge in [-0.3, -0.25) is 9.59 Å². The van der Waals surface area contributed by atoms with E-state index >= 15 is 0 Å². The van der Waals surface area contributed by atoms with Gasteiger partial charge < -0.3 is 24.4 Å². The highest BCUT2D eigenvalue weighted by atomic mass is 16.5. The fourth-order valence-corrected chi connectivity index (χ4v) is 5.31. The molecule has 0 spiro atoms. The highest BCUT2D eigenvalue weighted by Crippen LogP contribution is 2.48. The van der Waals surface area contributed by atoms with Gasteiger partial charge in [0.1, 0.15) is 5.75 Å². The quantitative estimate of drug-likeness (QED) is 0.540. The van der Waals surface area contributed by atoms with Gasteiger partial charge in [-0.05, 0) is 65.9 Å². The van der Waals surface area contributed by atoms with Gasteiger partial charge in [-0.15, -0.1) is 0 Å². The molecule has 7 heteroatoms. The number of rotatable bonds is 7. The Hall–Kier alpha value is -4.00. The van der Waals surface area contributed by atoms with Crippen LogP contribution in [0.25, 0.3) is 0 Å². The van der Waals surface area contributed by atoms with Crippen molar-refractivity contribution in [2.24, 2.45) is 0 Å². The van der Waals surface area contributed by atoms with E-state index in [1.165, 1.54) is 0 Å². The van der Waals surface area contributed by atoms with Crippen LogP contribution in [0, 0.1) is 0 Å². The van der Waals surface area contributed by atoms with Crippen LogP contribution < -0.4 is 19.5 Å². The second-order valence-corrected chi connectivity index (χ2v) is 8.96. The minimum atomic E-state index is -0.557. The summed E-state index contributed by atoms with van der Waals surface area (Å²) in [5.41, 5.74) is 4.28. The van der Waals surface area contributed by atoms with Gasteiger partial charge in [0.25, 0.3) is 5.91 Å². The molecule has 186 valence electrons. The number of ether oxygens (including phenoxy) is 3. The Kier molecular flexibility index (Phi) is 6.55. The van der Waals surface area contributed by atoms with E-state index < -0.39 is 12.0 Å². The Morgan fingerprint density at radius 1 is 1.00 bits per heavy atom. The van der Waals surface area contributed by atoms with Crippen LogP contribution in [0.1, 0.15) is 51.5 Å². The van der Waals surface area contributed by atoms with Gasteiger partial charge in [0, 0.05) is 18.7 Å². The van der Waals surface area contributed by atoms with Crippen LogP contribution in [0.4, 0.5) is 0 Å². The molecule has 0 fully saturated rings. The molecule has 0 bridgehead atoms. The molecule has 5 rings (SSSR count). The molecule has 2 aliphatic rings. The third-order valence-electron chi connectivity index (χ3n) is 7.01. The first-order chi connectivity index (χ1) is 17.5. The molecule has 0 saturated carbocycles. The third kappa shape index (κ3) is 4.15. The summed E-state index contributed by atoms with van der Waals surface area (Å²) in [5.74, 6) is 1.29. The molecule has 2 heterocycles. The van der Waals surface area contributed by atoms with Crippen LogP contribution in [0.15, 0.2) is 60.7 Å². The van der Waals surface area contributed by atoms with Crippen molar-refractivity contribution >= 4 is 11.8 Å². The number of benzene rings is 3. The second kappa shape index (κ2) is 9.93. The van der Waals surface area contributed by atoms with Gasteiger partial charge in [0.15, 0.2) is 11.5 Å². The van der Waals surface area contributed by atoms with E-state index in [-0.39, 0.29) is 11.8 Å². The van der Waals surface area contributed by atoms with Crippen molar-refractivity contribution < 1.29 is 23.8 Å². The molecular weight excluding hydrogens is 456 g/mol. The molecule has 3 aromatic rings. The van der Waals surface area contributed by atoms with E-state index in [0.29, 0.717) is 43.2 Å². The normalized spacial score (nSPS) is 18.0. The number of hydrogen-bond donors (Lipinski definition) is 1. The smallest absolute Gasteiger partial charge is 0.254 e. The highest BCUT2D eigenvalue weighted by molar-refractivity contribution is 6.01. The van der Waals surface area contributed by atoms with E-state index in [1.807, 2.05) is 72.5 Å². The van der Waals surface area contributed by atoms with Crippen molar-refractivity contribution in [3.05, 3.63) is 88.5 Å². The summed E-state index contributed by atoms with van der Waals surface area (Å²) >= 11 is 0. The predicted molar refractivity (Wildman–Crippen MR) is 136 cm³/mol. The summed E-state index contributed by atoms with van der Waals surface area (Å²) in [6.45, 7) is 3.46. The fraction of sp³-hybridized carbons (Fsp3) is 0.310. The lowest BCUT2D eigenvalue weighted by Crippen LogP contribution is -2.50. The third-order valence-corrected chi connectivity index (χ3v) is 7.01. The number of nitrogens with zero attached hydrogens (tertiary/aromatic N) is 1. The average Bonchev–Trinajstić information content (AvgIpc) is 2.92. The van der Waals surface area contributed by atoms with E-state index in [2.05, 4.69) is 5.32 Å². The lowest BCUT2D eigenvalue weighted by Gasteiger charge is -2.45. The number of carbonyl (C=O) groups is 2. The zero-order chi connectivity index (χ0) is 25.2. The summed E-state index contributed by atoms with van der Waals surface area (Å²) in [4.78, 5) is 29.2. The number of amides is 2. The van der Waals surface area contributed by atoms with Gasteiger partial charge in [-0.1, -0.05) is 30.3 Å². The van der Waals surface area contributed by atoms with Crippen molar-refractivity contribution in [1.29, 1.82) is 0 Å². The first-order valence-electron chi connectivity index (χ1n) is 12.2. The van der Waals surface area contributed by atoms with Crippen molar-refractivity contribution in [1.82, 2.24) is 10.2 Å². The summed E-state index contributed by atoms with van der Waals surface area (Å²) in [6, 6.07) is 18.6. The molecule has 2 aliphatic heterocycles. The maximum absolute atomic E-state index is 13.8. The summed E-state index contributed by atoms with van der Waals surface area (Å²) < 4.78 is 16.6. The average molecular weight is 487 g/mol. The lowest BCUT2D eigenvalue weighted by molar-refractivity contribution is -0.124. The molecule has 0 unspecified atom stereocenters. The number of methoxy groups -OCH3 is 2. The van der Waals surface area contributed by atoms with Crippen LogP contribution in [0.3, 0.4) is 0 Å². The number of hydrogen-bond acceptors (Lipinski definition) is 5. The fourth-order valence-electron chi connectivity index (χ4n) is 5.31. The van der Waals surface area contributed by atoms with E-state index in [9.17, 15) is 9.59 Å². The predicted octanol–water partition coefficient (Wildman–Crippen LogP) is 4.26. The van der Waals surface area contributed by atoms with Crippen LogP contribution in [-0.2, 0) is 17.8 Å². The Balaban J connectivity index is 1.51. The first kappa shape index (κ1) is 23.7. The molecule has 3 aromatic carbocycles. The van der Waals surface area contributed by atoms with Crippen molar-refractivity contribution in [3.63, 3.8) is 0 Å². The van der Waals surface area contributed by atoms with Crippen LogP contribution in [0.2, 0.25) is 0 Å². The SMILES string of the molecule is CCOc1ccc(CNC(=O)[C@@H]2c3ccccc3C(=O)N3CCc4cc(OC)c(OC)cc4[C@H]23)cc1. The zero-order valence-corrected chi connectivity index (χ0v) is 20.7. The Labute approximate surface area is 211 Å². The monoisotopic (exact) mass is 486 g/mol. The van der Waals surface area contributed by atoms with E-state index in [0.717, 1.165) is 28.0 Å². The number of carbonyl (C=O) groups excluding carboxylic acids is 2. The summed E-state index contributed by atoms with van der Waals surface area (Å²) in [5, 5.41) is 3.12. The number of nitrogens with one attached hydrogen (secondary N) is 1. The van der Waals surface area contributed by atoms with E-state index in [1.54, 1.807) is 14.2 Å². The minimum Gasteiger partial charge on any atom is -0.494 e. The molecule has 2 atom stereocenters. The molecule has 1 N–H and O–H groups in total. The van der Waals surface area contributed by atoms with Crippen molar-refractivity contribution in [2.45, 2.75) is 31.8 Å². The van der Waals surface area contributed by atoms with E-state index in [4.69, 9.17) is 14.2 Å². The zero-order valence-electron chi connectivity index (χ0n) is 20.7. The molecule has 7 nitrogen and oxygen atoms in total. The van der Waals surface area contributed by atoms with Crippen LogP contribution in [-0.4, -0.2) is 44.1 Å². The topological polar surface area (TPSA) is 77.1 Å². The lowest BCUT2D eigenvalue weighted by atomic mass is 9.75. The second-order valence-electron chi connectivity index (χ2n) is 8.96. The Morgan fingerprint density at radius 2 is 1.72 bits per heavy atom. The standard InChI is InChI=1S/C29H30N2O5/c1-4-36-20-11-9-18(10-12-20)17-30-28(32)26-21-7-5-6-8-22(21)29(33)31-14-13-19-15-24(34-2)25(35-3)16-23(19)27(26)31/h5-12,15-16,26-27H,4,13-14,17H2,1-3H3,(H,30,32)/t26-,27-/m1/s1. The summed E-state index contributed by atoms with van der Waals surface area (Å²) in [6.07, 6.45) is 0.681. The molecular formula is C29H30N2O5. The maximum Gasteiger partial charge on any atom is 0.254 e. The number of fused-ring (bicyclic) bond motifs is 4. The molecule has 0 radical (unpaired) electrons. The Morgan fingerprint density at radius 3 is 2.44 bits per heavy atom. The van der Waals surface area contributed by atoms with Gasteiger partial charge in [0.05, 0.1) is 32.8 Å². The highest BCUT2D eigenvalue weighted by Gasteiger charge is 2.46. The molecule has 2 amide bonds. The first-order valence-corrected chi connectivity index (χ1v) is 12.2. The largest absolute Gasteiger partial charge is 0.494 e. The van der Waals surface area contributed by atoms with Gasteiger partial charge >= 0.3 is 0 Å². The van der Waals surface area contributed by atoms with Gasteiger partial charge in [-0.25, -0.2) is 0 Å². The summed E-state index contributed by atoms with van der Waals surface area (Å²) in [7, 11) is 3.20. The van der Waals surface area contributed by atoms with Crippen LogP contribution >= 0.6 is 0 Å². The van der Waals surface area contributed by atoms with Gasteiger partial charge in [-0.2, -0.15) is 0 Å².